The van der Waals surface area contributed by atoms with Crippen LogP contribution >= 0.6 is 35.3 Å². The van der Waals surface area contributed by atoms with Gasteiger partial charge in [0, 0.05) is 27.1 Å². The number of carbonyl (C=O) groups excluding carboxylic acids is 2. The van der Waals surface area contributed by atoms with E-state index in [4.69, 9.17) is 9.15 Å². The minimum atomic E-state index is -0.368. The average Bonchev–Trinajstić information content (AvgIpc) is 3.35. The Morgan fingerprint density at radius 3 is 2.74 bits per heavy atom. The summed E-state index contributed by atoms with van der Waals surface area (Å²) in [5.74, 6) is 0.862. The van der Waals surface area contributed by atoms with E-state index in [1.165, 1.54) is 16.2 Å². The third-order valence-electron chi connectivity index (χ3n) is 4.11. The molecule has 0 aromatic carbocycles. The van der Waals surface area contributed by atoms with Crippen LogP contribution in [0.5, 0.6) is 0 Å². The molecular weight excluding hydrogens is 533 g/mol. The first-order valence-corrected chi connectivity index (χ1v) is 10.5. The Bertz CT molecular complexity index is 867. The number of ether oxygens (including phenoxy) is 1. The minimum absolute atomic E-state index is 0. The molecule has 9 nitrogen and oxygen atoms in total. The molecule has 2 rings (SSSR count). The van der Waals surface area contributed by atoms with Crippen LogP contribution in [0, 0.1) is 6.92 Å². The van der Waals surface area contributed by atoms with E-state index in [1.807, 2.05) is 19.1 Å². The van der Waals surface area contributed by atoms with E-state index in [9.17, 15) is 9.59 Å². The highest BCUT2D eigenvalue weighted by Gasteiger charge is 2.20. The van der Waals surface area contributed by atoms with Crippen LogP contribution in [-0.2, 0) is 16.0 Å². The SMILES string of the molecule is CCOC(=O)c1sc(C(C)NC(=NCC(=O)N(C)C)NCCc2ccco2)nc1C.I. The number of carbonyl (C=O) groups is 2. The minimum Gasteiger partial charge on any atom is -0.469 e. The number of halogens is 1. The van der Waals surface area contributed by atoms with Gasteiger partial charge >= 0.3 is 5.97 Å². The second-order valence-corrected chi connectivity index (χ2v) is 7.79. The largest absolute Gasteiger partial charge is 0.469 e. The third-order valence-corrected chi connectivity index (χ3v) is 5.43. The molecule has 31 heavy (non-hydrogen) atoms. The number of amides is 1. The number of esters is 1. The zero-order valence-corrected chi connectivity index (χ0v) is 21.6. The van der Waals surface area contributed by atoms with Crippen LogP contribution in [0.4, 0.5) is 0 Å². The zero-order chi connectivity index (χ0) is 22.1. The van der Waals surface area contributed by atoms with Crippen molar-refractivity contribution in [2.45, 2.75) is 33.2 Å². The maximum Gasteiger partial charge on any atom is 0.350 e. The van der Waals surface area contributed by atoms with Gasteiger partial charge in [0.05, 0.1) is 24.6 Å². The summed E-state index contributed by atoms with van der Waals surface area (Å²) < 4.78 is 10.4. The highest BCUT2D eigenvalue weighted by molar-refractivity contribution is 14.0. The van der Waals surface area contributed by atoms with Crippen molar-refractivity contribution >= 4 is 53.1 Å². The predicted molar refractivity (Wildman–Crippen MR) is 131 cm³/mol. The van der Waals surface area contributed by atoms with E-state index in [0.29, 0.717) is 36.1 Å². The molecule has 0 aliphatic rings. The quantitative estimate of drug-likeness (QED) is 0.209. The van der Waals surface area contributed by atoms with Gasteiger partial charge in [0.1, 0.15) is 22.2 Å². The van der Waals surface area contributed by atoms with Gasteiger partial charge in [0.15, 0.2) is 5.96 Å². The van der Waals surface area contributed by atoms with Crippen LogP contribution in [0.15, 0.2) is 27.8 Å². The number of thiazole rings is 1. The number of aryl methyl sites for hydroxylation is 1. The number of nitrogens with one attached hydrogen (secondary N) is 2. The van der Waals surface area contributed by atoms with Crippen molar-refractivity contribution in [3.63, 3.8) is 0 Å². The van der Waals surface area contributed by atoms with Gasteiger partial charge in [0.25, 0.3) is 0 Å². The van der Waals surface area contributed by atoms with Gasteiger partial charge in [-0.3, -0.25) is 4.79 Å². The molecule has 0 radical (unpaired) electrons. The van der Waals surface area contributed by atoms with Crippen LogP contribution in [0.1, 0.15) is 46.0 Å². The number of hydrogen-bond acceptors (Lipinski definition) is 7. The molecule has 172 valence electrons. The monoisotopic (exact) mass is 563 g/mol. The molecule has 11 heteroatoms. The predicted octanol–water partition coefficient (Wildman–Crippen LogP) is 2.77. The summed E-state index contributed by atoms with van der Waals surface area (Å²) in [7, 11) is 3.38. The molecule has 0 bridgehead atoms. The molecule has 0 saturated carbocycles. The van der Waals surface area contributed by atoms with Crippen molar-refractivity contribution in [1.82, 2.24) is 20.5 Å². The smallest absolute Gasteiger partial charge is 0.350 e. The molecule has 1 amide bonds. The standard InChI is InChI=1S/C20H29N5O4S.HI/c1-6-28-19(27)17-13(2)23-18(30-17)14(3)24-20(22-12-16(26)25(4)5)21-10-9-15-8-7-11-29-15;/h7-8,11,14H,6,9-10,12H2,1-5H3,(H2,21,22,24);1H. The number of likely N-dealkylation sites (N-methyl/N-ethyl adjacent to an activating group) is 1. The van der Waals surface area contributed by atoms with Crippen molar-refractivity contribution in [1.29, 1.82) is 0 Å². The summed E-state index contributed by atoms with van der Waals surface area (Å²) in [6.07, 6.45) is 2.30. The molecular formula is C20H30IN5O4S. The van der Waals surface area contributed by atoms with Crippen LogP contribution < -0.4 is 10.6 Å². The molecule has 2 N–H and O–H groups in total. The van der Waals surface area contributed by atoms with Crippen LogP contribution in [0.3, 0.4) is 0 Å². The van der Waals surface area contributed by atoms with E-state index >= 15 is 0 Å². The van der Waals surface area contributed by atoms with Gasteiger partial charge in [-0.25, -0.2) is 14.8 Å². The lowest BCUT2D eigenvalue weighted by Gasteiger charge is -2.17. The van der Waals surface area contributed by atoms with E-state index in [-0.39, 0.29) is 48.4 Å². The van der Waals surface area contributed by atoms with Gasteiger partial charge in [-0.2, -0.15) is 0 Å². The summed E-state index contributed by atoms with van der Waals surface area (Å²) in [4.78, 5) is 34.9. The highest BCUT2D eigenvalue weighted by atomic mass is 127. The van der Waals surface area contributed by atoms with E-state index in [1.54, 1.807) is 34.2 Å². The van der Waals surface area contributed by atoms with Gasteiger partial charge in [-0.1, -0.05) is 0 Å². The van der Waals surface area contributed by atoms with Gasteiger partial charge in [-0.15, -0.1) is 35.3 Å². The maximum absolute atomic E-state index is 12.1. The van der Waals surface area contributed by atoms with Gasteiger partial charge < -0.3 is 24.7 Å². The average molecular weight is 563 g/mol. The number of aliphatic imine (C=N–C) groups is 1. The molecule has 0 saturated heterocycles. The topological polar surface area (TPSA) is 109 Å². The normalized spacial score (nSPS) is 12.0. The summed E-state index contributed by atoms with van der Waals surface area (Å²) >= 11 is 1.29. The molecule has 0 fully saturated rings. The Morgan fingerprint density at radius 1 is 1.39 bits per heavy atom. The summed E-state index contributed by atoms with van der Waals surface area (Å²) in [5.41, 5.74) is 0.633. The Hall–Kier alpha value is -2.15. The number of hydrogen-bond donors (Lipinski definition) is 2. The number of guanidine groups is 1. The molecule has 1 atom stereocenters. The summed E-state index contributed by atoms with van der Waals surface area (Å²) in [6, 6.07) is 3.52. The fourth-order valence-corrected chi connectivity index (χ4v) is 3.42. The maximum atomic E-state index is 12.1. The molecule has 1 unspecified atom stereocenters. The number of aromatic nitrogens is 1. The van der Waals surface area contributed by atoms with Crippen LogP contribution in [0.25, 0.3) is 0 Å². The number of furan rings is 1. The highest BCUT2D eigenvalue weighted by Crippen LogP contribution is 2.24. The lowest BCUT2D eigenvalue weighted by Crippen LogP contribution is -2.40. The fourth-order valence-electron chi connectivity index (χ4n) is 2.45. The van der Waals surface area contributed by atoms with Crippen molar-refractivity contribution < 1.29 is 18.7 Å². The molecule has 0 spiro atoms. The second kappa shape index (κ2) is 13.3. The molecule has 2 aromatic rings. The van der Waals surface area contributed by atoms with E-state index in [0.717, 1.165) is 10.8 Å². The second-order valence-electron chi connectivity index (χ2n) is 6.76. The Kier molecular flexibility index (Phi) is 11.5. The van der Waals surface area contributed by atoms with E-state index < -0.39 is 0 Å². The number of rotatable bonds is 9. The third kappa shape index (κ3) is 8.48. The molecule has 0 aliphatic heterocycles. The first-order chi connectivity index (χ1) is 14.3. The van der Waals surface area contributed by atoms with Crippen LogP contribution in [0.2, 0.25) is 0 Å². The van der Waals surface area contributed by atoms with Crippen molar-refractivity contribution in [2.75, 3.05) is 33.8 Å². The van der Waals surface area contributed by atoms with Crippen molar-refractivity contribution in [3.05, 3.63) is 39.7 Å². The summed E-state index contributed by atoms with van der Waals surface area (Å²) in [6.45, 7) is 6.38. The zero-order valence-electron chi connectivity index (χ0n) is 18.4. The Morgan fingerprint density at radius 2 is 2.13 bits per heavy atom. The van der Waals surface area contributed by atoms with Gasteiger partial charge in [-0.05, 0) is 32.9 Å². The van der Waals surface area contributed by atoms with E-state index in [2.05, 4.69) is 20.6 Å². The molecule has 2 heterocycles. The van der Waals surface area contributed by atoms with Crippen molar-refractivity contribution in [2.24, 2.45) is 4.99 Å². The first kappa shape index (κ1) is 26.9. The number of nitrogens with zero attached hydrogens (tertiary/aromatic N) is 3. The van der Waals surface area contributed by atoms with Gasteiger partial charge in [0.2, 0.25) is 5.91 Å². The fraction of sp³-hybridized carbons (Fsp3) is 0.500. The Labute approximate surface area is 203 Å². The Balaban J connectivity index is 0.00000480. The lowest BCUT2D eigenvalue weighted by atomic mass is 10.3. The lowest BCUT2D eigenvalue weighted by molar-refractivity contribution is -0.127. The molecule has 0 aliphatic carbocycles. The summed E-state index contributed by atoms with van der Waals surface area (Å²) in [5, 5.41) is 7.19. The first-order valence-electron chi connectivity index (χ1n) is 9.73. The van der Waals surface area contributed by atoms with Crippen LogP contribution in [-0.4, -0.2) is 61.5 Å². The molecule has 2 aromatic heterocycles. The van der Waals surface area contributed by atoms with Crippen molar-refractivity contribution in [3.8, 4) is 0 Å².